The van der Waals surface area contributed by atoms with E-state index in [1.807, 2.05) is 6.92 Å². The molecular weight excluding hydrogens is 243 g/mol. The van der Waals surface area contributed by atoms with E-state index in [0.717, 1.165) is 7.11 Å². The van der Waals surface area contributed by atoms with Crippen LogP contribution in [0.4, 0.5) is 4.39 Å². The number of aliphatic hydroxyl groups excluding tert-OH is 1. The van der Waals surface area contributed by atoms with E-state index in [2.05, 4.69) is 4.74 Å². The zero-order valence-electron chi connectivity index (χ0n) is 10.4. The second kappa shape index (κ2) is 4.50. The van der Waals surface area contributed by atoms with Crippen LogP contribution in [-0.2, 0) is 19.1 Å². The zero-order chi connectivity index (χ0) is 13.5. The lowest BCUT2D eigenvalue weighted by Gasteiger charge is -2.19. The van der Waals surface area contributed by atoms with Gasteiger partial charge in [0.2, 0.25) is 5.67 Å². The first kappa shape index (κ1) is 13.3. The molecule has 0 radical (unpaired) electrons. The summed E-state index contributed by atoms with van der Waals surface area (Å²) < 4.78 is 23.8. The standard InChI is InChI=1S/C12H17FO5/c1-3-4-8(15)18-7-5-6(14)9-10(7)12(9,13)11(16)17-2/h6-7,9-10,14H,3-5H2,1-2H3/t6-,7+,9+,10-,12+/m0/s1. The van der Waals surface area contributed by atoms with Crippen molar-refractivity contribution in [3.63, 3.8) is 0 Å². The molecule has 2 saturated carbocycles. The van der Waals surface area contributed by atoms with E-state index < -0.39 is 41.7 Å². The molecule has 0 aromatic carbocycles. The molecular formula is C12H17FO5. The van der Waals surface area contributed by atoms with Crippen LogP contribution in [0.25, 0.3) is 0 Å². The van der Waals surface area contributed by atoms with Crippen molar-refractivity contribution in [1.82, 2.24) is 0 Å². The fourth-order valence-electron chi connectivity index (χ4n) is 2.94. The molecule has 2 rings (SSSR count). The van der Waals surface area contributed by atoms with Gasteiger partial charge in [0.15, 0.2) is 0 Å². The molecule has 0 spiro atoms. The normalized spacial score (nSPS) is 41.1. The molecule has 0 unspecified atom stereocenters. The largest absolute Gasteiger partial charge is 0.467 e. The van der Waals surface area contributed by atoms with Gasteiger partial charge in [-0.15, -0.1) is 0 Å². The van der Waals surface area contributed by atoms with Crippen molar-refractivity contribution in [2.24, 2.45) is 11.8 Å². The highest BCUT2D eigenvalue weighted by molar-refractivity contribution is 5.85. The van der Waals surface area contributed by atoms with Crippen molar-refractivity contribution >= 4 is 11.9 Å². The number of hydrogen-bond acceptors (Lipinski definition) is 5. The maximum Gasteiger partial charge on any atom is 0.344 e. The number of carbonyl (C=O) groups excluding carboxylic acids is 2. The minimum atomic E-state index is -2.19. The maximum absolute atomic E-state index is 14.3. The summed E-state index contributed by atoms with van der Waals surface area (Å²) in [6, 6.07) is 0. The van der Waals surface area contributed by atoms with E-state index >= 15 is 0 Å². The quantitative estimate of drug-likeness (QED) is 0.749. The number of alkyl halides is 1. The molecule has 2 aliphatic rings. The lowest BCUT2D eigenvalue weighted by atomic mass is 10.1. The molecule has 0 saturated heterocycles. The Morgan fingerprint density at radius 1 is 1.44 bits per heavy atom. The third-order valence-corrected chi connectivity index (χ3v) is 3.77. The summed E-state index contributed by atoms with van der Waals surface area (Å²) in [5, 5.41) is 9.69. The molecule has 102 valence electrons. The van der Waals surface area contributed by atoms with Crippen LogP contribution in [0, 0.1) is 11.8 Å². The van der Waals surface area contributed by atoms with Crippen LogP contribution in [0.1, 0.15) is 26.2 Å². The summed E-state index contributed by atoms with van der Waals surface area (Å²) in [6.45, 7) is 1.83. The number of halogens is 1. The van der Waals surface area contributed by atoms with Crippen molar-refractivity contribution in [3.05, 3.63) is 0 Å². The first-order valence-electron chi connectivity index (χ1n) is 6.11. The van der Waals surface area contributed by atoms with E-state index in [1.165, 1.54) is 0 Å². The Bertz CT molecular complexity index is 371. The fourth-order valence-corrected chi connectivity index (χ4v) is 2.94. The van der Waals surface area contributed by atoms with E-state index in [-0.39, 0.29) is 12.8 Å². The van der Waals surface area contributed by atoms with Gasteiger partial charge in [-0.2, -0.15) is 0 Å². The summed E-state index contributed by atoms with van der Waals surface area (Å²) in [5.41, 5.74) is -2.19. The molecule has 2 fully saturated rings. The fraction of sp³-hybridized carbons (Fsp3) is 0.833. The van der Waals surface area contributed by atoms with Crippen molar-refractivity contribution in [3.8, 4) is 0 Å². The molecule has 1 N–H and O–H groups in total. The van der Waals surface area contributed by atoms with Gasteiger partial charge in [-0.25, -0.2) is 9.18 Å². The monoisotopic (exact) mass is 260 g/mol. The number of fused-ring (bicyclic) bond motifs is 1. The molecule has 0 aliphatic heterocycles. The van der Waals surface area contributed by atoms with Gasteiger partial charge < -0.3 is 14.6 Å². The first-order chi connectivity index (χ1) is 8.46. The van der Waals surface area contributed by atoms with Gasteiger partial charge in [0.05, 0.1) is 19.1 Å². The van der Waals surface area contributed by atoms with Gasteiger partial charge in [-0.3, -0.25) is 4.79 Å². The summed E-state index contributed by atoms with van der Waals surface area (Å²) in [5.74, 6) is -2.98. The highest BCUT2D eigenvalue weighted by Crippen LogP contribution is 2.64. The molecule has 5 nitrogen and oxygen atoms in total. The second-order valence-corrected chi connectivity index (χ2v) is 4.89. The summed E-state index contributed by atoms with van der Waals surface area (Å²) in [4.78, 5) is 22.7. The van der Waals surface area contributed by atoms with E-state index in [4.69, 9.17) is 4.74 Å². The van der Waals surface area contributed by atoms with Gasteiger partial charge >= 0.3 is 11.9 Å². The van der Waals surface area contributed by atoms with Gasteiger partial charge in [0.25, 0.3) is 0 Å². The number of carbonyl (C=O) groups is 2. The van der Waals surface area contributed by atoms with Crippen LogP contribution in [0.3, 0.4) is 0 Å². The minimum absolute atomic E-state index is 0.188. The molecule has 0 bridgehead atoms. The Morgan fingerprint density at radius 2 is 2.11 bits per heavy atom. The van der Waals surface area contributed by atoms with Gasteiger partial charge in [0.1, 0.15) is 6.10 Å². The van der Waals surface area contributed by atoms with Crippen LogP contribution in [0.5, 0.6) is 0 Å². The van der Waals surface area contributed by atoms with Crippen molar-refractivity contribution in [1.29, 1.82) is 0 Å². The Balaban J connectivity index is 2.04. The molecule has 0 amide bonds. The number of hydrogen-bond donors (Lipinski definition) is 1. The van der Waals surface area contributed by atoms with Crippen molar-refractivity contribution in [2.45, 2.75) is 44.1 Å². The summed E-state index contributed by atoms with van der Waals surface area (Å²) in [6.07, 6.45) is -0.610. The van der Waals surface area contributed by atoms with Crippen LogP contribution < -0.4 is 0 Å². The number of aliphatic hydroxyl groups is 1. The number of methoxy groups -OCH3 is 1. The number of rotatable bonds is 4. The van der Waals surface area contributed by atoms with Gasteiger partial charge in [0, 0.05) is 18.8 Å². The molecule has 0 heterocycles. The van der Waals surface area contributed by atoms with Crippen LogP contribution in [0.2, 0.25) is 0 Å². The van der Waals surface area contributed by atoms with Gasteiger partial charge in [-0.05, 0) is 6.42 Å². The van der Waals surface area contributed by atoms with E-state index in [0.29, 0.717) is 6.42 Å². The molecule has 18 heavy (non-hydrogen) atoms. The first-order valence-corrected chi connectivity index (χ1v) is 6.11. The number of esters is 2. The van der Waals surface area contributed by atoms with Crippen LogP contribution >= 0.6 is 0 Å². The van der Waals surface area contributed by atoms with Crippen molar-refractivity contribution in [2.75, 3.05) is 7.11 Å². The topological polar surface area (TPSA) is 72.8 Å². The highest BCUT2D eigenvalue weighted by atomic mass is 19.1. The SMILES string of the molecule is CCCC(=O)O[C@@H]1C[C@H](O)[C@@H]2[C@H]1[C@@]2(F)C(=O)OC. The predicted octanol–water partition coefficient (Wildman–Crippen LogP) is 0.590. The van der Waals surface area contributed by atoms with Crippen LogP contribution in [-0.4, -0.2) is 42.0 Å². The average molecular weight is 260 g/mol. The number of ether oxygens (including phenoxy) is 2. The third kappa shape index (κ3) is 1.79. The third-order valence-electron chi connectivity index (χ3n) is 3.77. The van der Waals surface area contributed by atoms with E-state index in [1.54, 1.807) is 0 Å². The Morgan fingerprint density at radius 3 is 2.67 bits per heavy atom. The summed E-state index contributed by atoms with van der Waals surface area (Å²) >= 11 is 0. The smallest absolute Gasteiger partial charge is 0.344 e. The molecule has 5 atom stereocenters. The molecule has 0 aromatic rings. The Hall–Kier alpha value is -1.17. The summed E-state index contributed by atoms with van der Waals surface area (Å²) in [7, 11) is 1.10. The Kier molecular flexibility index (Phi) is 3.31. The van der Waals surface area contributed by atoms with Crippen molar-refractivity contribution < 1.29 is 28.6 Å². The zero-order valence-corrected chi connectivity index (χ0v) is 10.4. The lowest BCUT2D eigenvalue weighted by Crippen LogP contribution is -2.34. The lowest BCUT2D eigenvalue weighted by molar-refractivity contribution is -0.158. The maximum atomic E-state index is 14.3. The van der Waals surface area contributed by atoms with Gasteiger partial charge in [-0.1, -0.05) is 6.92 Å². The molecule has 0 aromatic heterocycles. The second-order valence-electron chi connectivity index (χ2n) is 4.89. The van der Waals surface area contributed by atoms with E-state index in [9.17, 15) is 19.1 Å². The predicted molar refractivity (Wildman–Crippen MR) is 58.2 cm³/mol. The highest BCUT2D eigenvalue weighted by Gasteiger charge is 2.81. The molecule has 6 heteroatoms. The Labute approximate surface area is 104 Å². The minimum Gasteiger partial charge on any atom is -0.467 e. The van der Waals surface area contributed by atoms with Crippen LogP contribution in [0.15, 0.2) is 0 Å². The molecule has 2 aliphatic carbocycles. The average Bonchev–Trinajstić information content (AvgIpc) is 2.81.